The van der Waals surface area contributed by atoms with Crippen LogP contribution in [0.5, 0.6) is 11.5 Å². The van der Waals surface area contributed by atoms with Gasteiger partial charge >= 0.3 is 0 Å². The molecule has 1 fully saturated rings. The normalized spacial score (nSPS) is 14.7. The summed E-state index contributed by atoms with van der Waals surface area (Å²) in [5.41, 5.74) is 0.776. The maximum Gasteiger partial charge on any atom is 0.240 e. The first-order valence-corrected chi connectivity index (χ1v) is 12.5. The fourth-order valence-electron chi connectivity index (χ4n) is 3.54. The third-order valence-electron chi connectivity index (χ3n) is 5.25. The summed E-state index contributed by atoms with van der Waals surface area (Å²) in [5, 5.41) is 3.16. The van der Waals surface area contributed by atoms with E-state index in [1.54, 1.807) is 31.4 Å². The van der Waals surface area contributed by atoms with Crippen LogP contribution in [0.3, 0.4) is 0 Å². The van der Waals surface area contributed by atoms with Crippen LogP contribution in [0.2, 0.25) is 0 Å². The minimum absolute atomic E-state index is 0.0456. The third-order valence-corrected chi connectivity index (χ3v) is 7.09. The maximum absolute atomic E-state index is 12.6. The lowest BCUT2D eigenvalue weighted by Gasteiger charge is -2.22. The van der Waals surface area contributed by atoms with Crippen LogP contribution in [0.25, 0.3) is 0 Å². The van der Waals surface area contributed by atoms with Gasteiger partial charge in [0, 0.05) is 18.2 Å². The second-order valence-electron chi connectivity index (χ2n) is 7.66. The molecule has 2 N–H and O–H groups in total. The molecule has 2 aromatic rings. The Bertz CT molecular complexity index is 939. The van der Waals surface area contributed by atoms with E-state index >= 15 is 0 Å². The minimum Gasteiger partial charge on any atom is -0.497 e. The Kier molecular flexibility index (Phi) is 8.69. The quantitative estimate of drug-likeness (QED) is 0.386. The molecule has 0 bridgehead atoms. The Hall–Kier alpha value is -2.16. The number of benzene rings is 2. The SMILES string of the molecule is COc1ccc(OCCCC(=S)Nc2ccc(S(=O)(=O)NC3CCCCC3)cc2)cc1. The van der Waals surface area contributed by atoms with Crippen molar-refractivity contribution in [2.24, 2.45) is 0 Å². The number of rotatable bonds is 10. The van der Waals surface area contributed by atoms with Crippen LogP contribution in [0.15, 0.2) is 53.4 Å². The molecule has 0 radical (unpaired) electrons. The van der Waals surface area contributed by atoms with Gasteiger partial charge in [-0.1, -0.05) is 31.5 Å². The molecule has 0 aliphatic heterocycles. The first-order chi connectivity index (χ1) is 15.0. The van der Waals surface area contributed by atoms with Gasteiger partial charge in [0.05, 0.1) is 23.6 Å². The summed E-state index contributed by atoms with van der Waals surface area (Å²) >= 11 is 5.40. The van der Waals surface area contributed by atoms with E-state index in [1.807, 2.05) is 24.3 Å². The number of hydrogen-bond donors (Lipinski definition) is 2. The Balaban J connectivity index is 1.41. The summed E-state index contributed by atoms with van der Waals surface area (Å²) in [7, 11) is -1.86. The lowest BCUT2D eigenvalue weighted by Crippen LogP contribution is -2.36. The van der Waals surface area contributed by atoms with Crippen molar-refractivity contribution in [3.05, 3.63) is 48.5 Å². The molecule has 6 nitrogen and oxygen atoms in total. The van der Waals surface area contributed by atoms with Crippen LogP contribution < -0.4 is 19.5 Å². The van der Waals surface area contributed by atoms with Crippen LogP contribution >= 0.6 is 12.2 Å². The van der Waals surface area contributed by atoms with Crippen LogP contribution in [0.4, 0.5) is 5.69 Å². The van der Waals surface area contributed by atoms with Crippen molar-refractivity contribution in [1.82, 2.24) is 4.72 Å². The highest BCUT2D eigenvalue weighted by Gasteiger charge is 2.21. The fraction of sp³-hybridized carbons (Fsp3) is 0.435. The van der Waals surface area contributed by atoms with Gasteiger partial charge in [0.2, 0.25) is 10.0 Å². The average Bonchev–Trinajstić information content (AvgIpc) is 2.78. The highest BCUT2D eigenvalue weighted by molar-refractivity contribution is 7.89. The Labute approximate surface area is 190 Å². The van der Waals surface area contributed by atoms with E-state index in [2.05, 4.69) is 10.0 Å². The number of ether oxygens (including phenoxy) is 2. The average molecular weight is 463 g/mol. The molecule has 1 saturated carbocycles. The lowest BCUT2D eigenvalue weighted by atomic mass is 9.96. The summed E-state index contributed by atoms with van der Waals surface area (Å²) in [6, 6.07) is 14.2. The van der Waals surface area contributed by atoms with Gasteiger partial charge in [0.1, 0.15) is 11.5 Å². The van der Waals surface area contributed by atoms with Crippen molar-refractivity contribution in [3.8, 4) is 11.5 Å². The first kappa shape index (κ1) is 23.5. The number of nitrogens with one attached hydrogen (secondary N) is 2. The molecule has 3 rings (SSSR count). The van der Waals surface area contributed by atoms with Crippen molar-refractivity contribution in [2.75, 3.05) is 19.0 Å². The fourth-order valence-corrected chi connectivity index (χ4v) is 5.11. The molecule has 0 amide bonds. The van der Waals surface area contributed by atoms with E-state index in [0.717, 1.165) is 49.3 Å². The maximum atomic E-state index is 12.6. The van der Waals surface area contributed by atoms with E-state index < -0.39 is 10.0 Å². The first-order valence-electron chi connectivity index (χ1n) is 10.7. The van der Waals surface area contributed by atoms with E-state index in [-0.39, 0.29) is 10.9 Å². The van der Waals surface area contributed by atoms with E-state index in [4.69, 9.17) is 21.7 Å². The molecular weight excluding hydrogens is 432 g/mol. The zero-order chi connectivity index (χ0) is 22.1. The second-order valence-corrected chi connectivity index (χ2v) is 9.86. The predicted molar refractivity (Wildman–Crippen MR) is 128 cm³/mol. The van der Waals surface area contributed by atoms with E-state index in [9.17, 15) is 8.42 Å². The van der Waals surface area contributed by atoms with Crippen LogP contribution in [-0.2, 0) is 10.0 Å². The molecule has 0 spiro atoms. The summed E-state index contributed by atoms with van der Waals surface area (Å²) < 4.78 is 38.8. The smallest absolute Gasteiger partial charge is 0.240 e. The second kappa shape index (κ2) is 11.5. The molecule has 0 saturated heterocycles. The van der Waals surface area contributed by atoms with Gasteiger partial charge in [-0.15, -0.1) is 0 Å². The van der Waals surface area contributed by atoms with Crippen LogP contribution in [0.1, 0.15) is 44.9 Å². The van der Waals surface area contributed by atoms with Gasteiger partial charge in [0.15, 0.2) is 0 Å². The van der Waals surface area contributed by atoms with Crippen LogP contribution in [0, 0.1) is 0 Å². The van der Waals surface area contributed by atoms with Crippen molar-refractivity contribution in [2.45, 2.75) is 55.9 Å². The number of methoxy groups -OCH3 is 1. The Morgan fingerprint density at radius 1 is 1.00 bits per heavy atom. The molecule has 0 aromatic heterocycles. The van der Waals surface area contributed by atoms with Gasteiger partial charge in [-0.05, 0) is 67.8 Å². The molecule has 2 aromatic carbocycles. The monoisotopic (exact) mass is 462 g/mol. The molecule has 1 aliphatic carbocycles. The third kappa shape index (κ3) is 7.48. The largest absolute Gasteiger partial charge is 0.497 e. The Morgan fingerprint density at radius 3 is 2.29 bits per heavy atom. The lowest BCUT2D eigenvalue weighted by molar-refractivity contribution is 0.313. The molecule has 8 heteroatoms. The predicted octanol–water partition coefficient (Wildman–Crippen LogP) is 4.90. The standard InChI is InChI=1S/C23H30N2O4S2/c1-28-20-11-13-21(14-12-20)29-17-5-8-23(30)24-18-9-15-22(16-10-18)31(26,27)25-19-6-3-2-4-7-19/h9-16,19,25H,2-8,17H2,1H3,(H,24,30). The van der Waals surface area contributed by atoms with Crippen molar-refractivity contribution in [1.29, 1.82) is 0 Å². The zero-order valence-electron chi connectivity index (χ0n) is 17.8. The summed E-state index contributed by atoms with van der Waals surface area (Å²) in [6.45, 7) is 0.554. The van der Waals surface area contributed by atoms with Gasteiger partial charge < -0.3 is 14.8 Å². The molecule has 0 atom stereocenters. The van der Waals surface area contributed by atoms with Gasteiger partial charge in [0.25, 0.3) is 0 Å². The van der Waals surface area contributed by atoms with Gasteiger partial charge in [-0.25, -0.2) is 13.1 Å². The molecule has 168 valence electrons. The number of thiocarbonyl (C=S) groups is 1. The van der Waals surface area contributed by atoms with Crippen molar-refractivity contribution >= 4 is 32.9 Å². The number of anilines is 1. The molecule has 1 aliphatic rings. The molecule has 0 heterocycles. The van der Waals surface area contributed by atoms with Crippen molar-refractivity contribution in [3.63, 3.8) is 0 Å². The number of sulfonamides is 1. The number of hydrogen-bond acceptors (Lipinski definition) is 5. The molecular formula is C23H30N2O4S2. The highest BCUT2D eigenvalue weighted by Crippen LogP contribution is 2.21. The highest BCUT2D eigenvalue weighted by atomic mass is 32.2. The van der Waals surface area contributed by atoms with E-state index in [0.29, 0.717) is 18.0 Å². The van der Waals surface area contributed by atoms with Gasteiger partial charge in [-0.3, -0.25) is 0 Å². The summed E-state index contributed by atoms with van der Waals surface area (Å²) in [4.78, 5) is 0.969. The molecule has 31 heavy (non-hydrogen) atoms. The Morgan fingerprint density at radius 2 is 1.65 bits per heavy atom. The minimum atomic E-state index is -3.49. The topological polar surface area (TPSA) is 76.7 Å². The summed E-state index contributed by atoms with van der Waals surface area (Å²) in [5.74, 6) is 1.58. The zero-order valence-corrected chi connectivity index (χ0v) is 19.4. The van der Waals surface area contributed by atoms with Crippen molar-refractivity contribution < 1.29 is 17.9 Å². The molecule has 0 unspecified atom stereocenters. The van der Waals surface area contributed by atoms with Gasteiger partial charge in [-0.2, -0.15) is 0 Å². The van der Waals surface area contributed by atoms with Crippen LogP contribution in [-0.4, -0.2) is 33.2 Å². The van der Waals surface area contributed by atoms with E-state index in [1.165, 1.54) is 6.42 Å². The summed E-state index contributed by atoms with van der Waals surface area (Å²) in [6.07, 6.45) is 6.62.